The molecule has 60 heavy (non-hydrogen) atoms. The van der Waals surface area contributed by atoms with Crippen molar-refractivity contribution in [2.75, 3.05) is 26.4 Å². The van der Waals surface area contributed by atoms with Crippen LogP contribution in [0.1, 0.15) is 55.3 Å². The fourth-order valence-electron chi connectivity index (χ4n) is 5.99. The SMILES string of the molecule is C=CC(=O)Oc1ccc(C(=O)Oc2ccc(C(=O)O[C@H]3CO[C@H]4[C@@H]3OC[C@H]4OC(=O)c3ccc(OC(=O)c4ccc(OC(=O)C=C)c(OCC)c4)cc3)c(OCC)c2)cc1. The lowest BCUT2D eigenvalue weighted by Gasteiger charge is -2.18. The average molecular weight is 823 g/mol. The maximum absolute atomic E-state index is 13.4. The van der Waals surface area contributed by atoms with Crippen LogP contribution in [0, 0.1) is 0 Å². The quantitative estimate of drug-likeness (QED) is 0.0763. The van der Waals surface area contributed by atoms with Crippen molar-refractivity contribution in [1.82, 2.24) is 0 Å². The molecule has 0 N–H and O–H groups in total. The summed E-state index contributed by atoms with van der Waals surface area (Å²) in [5.74, 6) is -3.37. The molecule has 0 unspecified atom stereocenters. The molecule has 0 aliphatic carbocycles. The number of fused-ring (bicyclic) bond motifs is 1. The van der Waals surface area contributed by atoms with Gasteiger partial charge in [0.25, 0.3) is 0 Å². The monoisotopic (exact) mass is 822 g/mol. The van der Waals surface area contributed by atoms with Crippen LogP contribution in [0.3, 0.4) is 0 Å². The topological polar surface area (TPSA) is 195 Å². The summed E-state index contributed by atoms with van der Waals surface area (Å²) in [5, 5.41) is 0. The highest BCUT2D eigenvalue weighted by Gasteiger charge is 2.51. The predicted molar refractivity (Wildman–Crippen MR) is 208 cm³/mol. The molecule has 310 valence electrons. The Morgan fingerprint density at radius 2 is 1.02 bits per heavy atom. The number of esters is 6. The van der Waals surface area contributed by atoms with Crippen LogP contribution in [0.15, 0.2) is 110 Å². The maximum Gasteiger partial charge on any atom is 0.343 e. The van der Waals surface area contributed by atoms with Gasteiger partial charge in [0.2, 0.25) is 0 Å². The predicted octanol–water partition coefficient (Wildman–Crippen LogP) is 5.65. The smallest absolute Gasteiger partial charge is 0.343 e. The Morgan fingerprint density at radius 1 is 0.533 bits per heavy atom. The lowest BCUT2D eigenvalue weighted by atomic mass is 10.1. The van der Waals surface area contributed by atoms with E-state index < -0.39 is 60.2 Å². The van der Waals surface area contributed by atoms with Gasteiger partial charge in [0.1, 0.15) is 40.8 Å². The van der Waals surface area contributed by atoms with Gasteiger partial charge in [-0.3, -0.25) is 0 Å². The van der Waals surface area contributed by atoms with Gasteiger partial charge in [0, 0.05) is 18.2 Å². The first-order valence-corrected chi connectivity index (χ1v) is 18.5. The van der Waals surface area contributed by atoms with Crippen LogP contribution in [-0.4, -0.2) is 86.7 Å². The molecule has 2 aliphatic heterocycles. The van der Waals surface area contributed by atoms with E-state index in [-0.39, 0.29) is 83.2 Å². The second-order valence-corrected chi connectivity index (χ2v) is 12.7. The van der Waals surface area contributed by atoms with Crippen molar-refractivity contribution in [3.8, 4) is 34.5 Å². The van der Waals surface area contributed by atoms with E-state index in [1.54, 1.807) is 13.8 Å². The lowest BCUT2D eigenvalue weighted by Crippen LogP contribution is -2.36. The zero-order valence-electron chi connectivity index (χ0n) is 32.3. The molecule has 4 aromatic rings. The average Bonchev–Trinajstić information content (AvgIpc) is 3.84. The number of carbonyl (C=O) groups excluding carboxylic acids is 6. The minimum Gasteiger partial charge on any atom is -0.493 e. The first-order chi connectivity index (χ1) is 29.0. The molecule has 0 radical (unpaired) electrons. The molecular formula is C44H38O16. The van der Waals surface area contributed by atoms with Crippen LogP contribution in [0.4, 0.5) is 0 Å². The van der Waals surface area contributed by atoms with Gasteiger partial charge >= 0.3 is 35.8 Å². The highest BCUT2D eigenvalue weighted by molar-refractivity contribution is 5.95. The minimum absolute atomic E-state index is 0.0207. The largest absolute Gasteiger partial charge is 0.493 e. The summed E-state index contributed by atoms with van der Waals surface area (Å²) in [5.41, 5.74) is 0.520. The third-order valence-corrected chi connectivity index (χ3v) is 8.79. The van der Waals surface area contributed by atoms with Crippen molar-refractivity contribution in [3.05, 3.63) is 132 Å². The third kappa shape index (κ3) is 10.2. The van der Waals surface area contributed by atoms with E-state index in [9.17, 15) is 28.8 Å². The molecule has 2 heterocycles. The summed E-state index contributed by atoms with van der Waals surface area (Å²) in [6.45, 7) is 10.5. The van der Waals surface area contributed by atoms with Crippen molar-refractivity contribution in [1.29, 1.82) is 0 Å². The van der Waals surface area contributed by atoms with Crippen molar-refractivity contribution in [2.45, 2.75) is 38.3 Å². The van der Waals surface area contributed by atoms with Gasteiger partial charge in [0.15, 0.2) is 23.7 Å². The summed E-state index contributed by atoms with van der Waals surface area (Å²) < 4.78 is 55.4. The first-order valence-electron chi connectivity index (χ1n) is 18.5. The molecule has 2 saturated heterocycles. The van der Waals surface area contributed by atoms with Crippen LogP contribution < -0.4 is 28.4 Å². The van der Waals surface area contributed by atoms with E-state index >= 15 is 0 Å². The zero-order valence-corrected chi connectivity index (χ0v) is 32.3. The van der Waals surface area contributed by atoms with Crippen LogP contribution in [-0.2, 0) is 28.5 Å². The molecule has 0 amide bonds. The van der Waals surface area contributed by atoms with Gasteiger partial charge < -0.3 is 47.4 Å². The summed E-state index contributed by atoms with van der Waals surface area (Å²) >= 11 is 0. The molecule has 4 atom stereocenters. The molecular weight excluding hydrogens is 784 g/mol. The second kappa shape index (κ2) is 19.4. The van der Waals surface area contributed by atoms with Gasteiger partial charge in [0.05, 0.1) is 43.1 Å². The molecule has 2 fully saturated rings. The third-order valence-electron chi connectivity index (χ3n) is 8.79. The van der Waals surface area contributed by atoms with Gasteiger partial charge in [-0.05, 0) is 92.7 Å². The van der Waals surface area contributed by atoms with Crippen molar-refractivity contribution in [3.63, 3.8) is 0 Å². The molecule has 2 aliphatic rings. The highest BCUT2D eigenvalue weighted by Crippen LogP contribution is 2.34. The summed E-state index contributed by atoms with van der Waals surface area (Å²) in [6.07, 6.45) is -1.11. The first kappa shape index (κ1) is 42.3. The van der Waals surface area contributed by atoms with Crippen LogP contribution in [0.25, 0.3) is 0 Å². The molecule has 4 aromatic carbocycles. The van der Waals surface area contributed by atoms with Crippen molar-refractivity contribution < 1.29 is 76.1 Å². The van der Waals surface area contributed by atoms with Gasteiger partial charge in [-0.15, -0.1) is 0 Å². The van der Waals surface area contributed by atoms with Crippen LogP contribution in [0.5, 0.6) is 34.5 Å². The highest BCUT2D eigenvalue weighted by atomic mass is 16.7. The fraction of sp³-hybridized carbons (Fsp3) is 0.227. The molecule has 6 rings (SSSR count). The normalized spacial score (nSPS) is 17.6. The molecule has 0 saturated carbocycles. The Bertz CT molecular complexity index is 2280. The van der Waals surface area contributed by atoms with Gasteiger partial charge in [-0.25, -0.2) is 28.8 Å². The van der Waals surface area contributed by atoms with Gasteiger partial charge in [-0.1, -0.05) is 13.2 Å². The zero-order chi connectivity index (χ0) is 42.8. The number of hydrogen-bond acceptors (Lipinski definition) is 16. The molecule has 16 nitrogen and oxygen atoms in total. The molecule has 0 aromatic heterocycles. The number of carbonyl (C=O) groups is 6. The summed E-state index contributed by atoms with van der Waals surface area (Å²) in [7, 11) is 0. The lowest BCUT2D eigenvalue weighted by molar-refractivity contribution is -0.129. The van der Waals surface area contributed by atoms with Gasteiger partial charge in [-0.2, -0.15) is 0 Å². The summed E-state index contributed by atoms with van der Waals surface area (Å²) in [4.78, 5) is 75.2. The van der Waals surface area contributed by atoms with E-state index in [0.717, 1.165) is 12.2 Å². The van der Waals surface area contributed by atoms with E-state index in [0.29, 0.717) is 0 Å². The number of hydrogen-bond donors (Lipinski definition) is 0. The van der Waals surface area contributed by atoms with Crippen LogP contribution in [0.2, 0.25) is 0 Å². The van der Waals surface area contributed by atoms with E-state index in [1.807, 2.05) is 0 Å². The summed E-state index contributed by atoms with van der Waals surface area (Å²) in [6, 6.07) is 19.8. The Hall–Kier alpha value is -7.30. The van der Waals surface area contributed by atoms with E-state index in [1.165, 1.54) is 84.9 Å². The van der Waals surface area contributed by atoms with Crippen LogP contribution >= 0.6 is 0 Å². The second-order valence-electron chi connectivity index (χ2n) is 12.7. The van der Waals surface area contributed by atoms with E-state index in [4.69, 9.17) is 47.4 Å². The fourth-order valence-corrected chi connectivity index (χ4v) is 5.99. The number of benzene rings is 4. The molecule has 0 spiro atoms. The number of rotatable bonds is 16. The van der Waals surface area contributed by atoms with Crippen molar-refractivity contribution >= 4 is 35.8 Å². The van der Waals surface area contributed by atoms with Crippen molar-refractivity contribution in [2.24, 2.45) is 0 Å². The number of ether oxygens (including phenoxy) is 10. The molecule has 16 heteroatoms. The standard InChI is InChI=1S/C44H38O16/c1-5-37(45)55-28-14-9-25(10-15-28)41(47)57-30-18-19-31(33(22-30)51-7-3)44(50)60-36-24-54-39-35(23-53-40(36)39)59-42(48)26-11-16-29(17-12-26)56-43(49)27-13-20-32(58-38(46)6-2)34(21-27)52-8-4/h5-6,9-22,35-36,39-40H,1-2,7-8,23-24H2,3-4H3/t35-,36+,39-,40-/m1/s1. The Labute approximate surface area is 343 Å². The minimum atomic E-state index is -0.844. The Balaban J connectivity index is 1.01. The maximum atomic E-state index is 13.4. The Morgan fingerprint density at radius 3 is 1.62 bits per heavy atom. The Kier molecular flexibility index (Phi) is 13.7. The van der Waals surface area contributed by atoms with E-state index in [2.05, 4.69) is 13.2 Å². The molecule has 0 bridgehead atoms.